The van der Waals surface area contributed by atoms with Crippen LogP contribution in [0.25, 0.3) is 0 Å². The second-order valence-electron chi connectivity index (χ2n) is 6.53. The van der Waals surface area contributed by atoms with Crippen molar-refractivity contribution in [2.24, 2.45) is 0 Å². The van der Waals surface area contributed by atoms with Gasteiger partial charge in [0.15, 0.2) is 0 Å². The fourth-order valence-corrected chi connectivity index (χ4v) is 3.63. The Labute approximate surface area is 132 Å². The van der Waals surface area contributed by atoms with Crippen LogP contribution in [0.2, 0.25) is 0 Å². The van der Waals surface area contributed by atoms with Crippen molar-refractivity contribution in [2.75, 3.05) is 0 Å². The molecule has 0 heterocycles. The van der Waals surface area contributed by atoms with E-state index in [1.807, 2.05) is 13.8 Å². The van der Waals surface area contributed by atoms with Crippen LogP contribution in [-0.2, 0) is 5.41 Å². The van der Waals surface area contributed by atoms with E-state index in [0.29, 0.717) is 5.75 Å². The van der Waals surface area contributed by atoms with E-state index in [4.69, 9.17) is 4.74 Å². The van der Waals surface area contributed by atoms with Crippen molar-refractivity contribution in [2.45, 2.75) is 51.0 Å². The molecule has 1 aliphatic rings. The van der Waals surface area contributed by atoms with Gasteiger partial charge in [-0.15, -0.1) is 0 Å². The first kappa shape index (κ1) is 15.0. The quantitative estimate of drug-likeness (QED) is 0.856. The number of aromatic hydroxyl groups is 1. The molecule has 0 saturated heterocycles. The Bertz CT molecular complexity index is 605. The molecule has 1 saturated carbocycles. The smallest absolute Gasteiger partial charge is 0.119 e. The van der Waals surface area contributed by atoms with Crippen LogP contribution in [0.1, 0.15) is 50.7 Å². The monoisotopic (exact) mass is 296 g/mol. The van der Waals surface area contributed by atoms with Crippen LogP contribution < -0.4 is 4.74 Å². The second-order valence-corrected chi connectivity index (χ2v) is 6.53. The minimum absolute atomic E-state index is 0.0874. The van der Waals surface area contributed by atoms with E-state index >= 15 is 0 Å². The first-order chi connectivity index (χ1) is 10.6. The fraction of sp³-hybridized carbons (Fsp3) is 0.400. The minimum Gasteiger partial charge on any atom is -0.508 e. The van der Waals surface area contributed by atoms with Crippen molar-refractivity contribution >= 4 is 0 Å². The third-order valence-corrected chi connectivity index (χ3v) is 4.66. The summed E-state index contributed by atoms with van der Waals surface area (Å²) < 4.78 is 5.75. The molecule has 2 aromatic carbocycles. The third-order valence-electron chi connectivity index (χ3n) is 4.66. The summed E-state index contributed by atoms with van der Waals surface area (Å²) in [6.07, 6.45) is 5.05. The molecule has 2 heteroatoms. The number of hydrogen-bond donors (Lipinski definition) is 1. The molecular weight excluding hydrogens is 272 g/mol. The van der Waals surface area contributed by atoms with Crippen LogP contribution in [-0.4, -0.2) is 11.2 Å². The molecule has 0 atom stereocenters. The first-order valence-electron chi connectivity index (χ1n) is 8.17. The standard InChI is InChI=1S/C20H24O2/c1-15(2)22-19-11-7-17(8-12-19)20(13-3-4-14-20)16-5-9-18(21)10-6-16/h5-12,15,21H,3-4,13-14H2,1-2H3. The van der Waals surface area contributed by atoms with Gasteiger partial charge < -0.3 is 9.84 Å². The van der Waals surface area contributed by atoms with Gasteiger partial charge in [0.05, 0.1) is 6.10 Å². The number of phenolic OH excluding ortho intramolecular Hbond substituents is 1. The fourth-order valence-electron chi connectivity index (χ4n) is 3.63. The molecule has 2 aromatic rings. The predicted molar refractivity (Wildman–Crippen MR) is 89.6 cm³/mol. The van der Waals surface area contributed by atoms with Crippen LogP contribution in [0.3, 0.4) is 0 Å². The van der Waals surface area contributed by atoms with Gasteiger partial charge in [-0.2, -0.15) is 0 Å². The van der Waals surface area contributed by atoms with Crippen molar-refractivity contribution in [3.8, 4) is 11.5 Å². The van der Waals surface area contributed by atoms with Gasteiger partial charge in [-0.1, -0.05) is 37.1 Å². The highest BCUT2D eigenvalue weighted by Crippen LogP contribution is 2.46. The zero-order valence-corrected chi connectivity index (χ0v) is 13.4. The van der Waals surface area contributed by atoms with Crippen LogP contribution in [0.15, 0.2) is 48.5 Å². The Kier molecular flexibility index (Phi) is 4.10. The Morgan fingerprint density at radius 1 is 0.864 bits per heavy atom. The molecule has 0 amide bonds. The average Bonchev–Trinajstić information content (AvgIpc) is 2.99. The zero-order valence-electron chi connectivity index (χ0n) is 13.4. The minimum atomic E-state index is 0.0874. The zero-order chi connectivity index (χ0) is 15.6. The highest BCUT2D eigenvalue weighted by atomic mass is 16.5. The number of hydrogen-bond acceptors (Lipinski definition) is 2. The Morgan fingerprint density at radius 3 is 1.86 bits per heavy atom. The van der Waals surface area contributed by atoms with E-state index in [0.717, 1.165) is 5.75 Å². The van der Waals surface area contributed by atoms with E-state index in [1.165, 1.54) is 36.8 Å². The van der Waals surface area contributed by atoms with Gasteiger partial charge in [0.2, 0.25) is 0 Å². The number of benzene rings is 2. The van der Waals surface area contributed by atoms with Gasteiger partial charge >= 0.3 is 0 Å². The van der Waals surface area contributed by atoms with E-state index < -0.39 is 0 Å². The second kappa shape index (κ2) is 6.04. The van der Waals surface area contributed by atoms with Crippen molar-refractivity contribution < 1.29 is 9.84 Å². The molecule has 1 fully saturated rings. The van der Waals surface area contributed by atoms with Crippen molar-refractivity contribution in [1.82, 2.24) is 0 Å². The van der Waals surface area contributed by atoms with Gasteiger partial charge in [-0.3, -0.25) is 0 Å². The molecule has 1 aliphatic carbocycles. The van der Waals surface area contributed by atoms with Gasteiger partial charge in [0.25, 0.3) is 0 Å². The molecule has 2 nitrogen and oxygen atoms in total. The van der Waals surface area contributed by atoms with Crippen molar-refractivity contribution in [1.29, 1.82) is 0 Å². The third kappa shape index (κ3) is 2.83. The molecular formula is C20H24O2. The lowest BCUT2D eigenvalue weighted by atomic mass is 9.73. The number of ether oxygens (including phenoxy) is 1. The first-order valence-corrected chi connectivity index (χ1v) is 8.17. The summed E-state index contributed by atoms with van der Waals surface area (Å²) in [4.78, 5) is 0. The Hall–Kier alpha value is -1.96. The lowest BCUT2D eigenvalue weighted by molar-refractivity contribution is 0.242. The van der Waals surface area contributed by atoms with Gasteiger partial charge in [-0.05, 0) is 62.1 Å². The maximum Gasteiger partial charge on any atom is 0.119 e. The molecule has 3 rings (SSSR count). The SMILES string of the molecule is CC(C)Oc1ccc(C2(c3ccc(O)cc3)CCCC2)cc1. The van der Waals surface area contributed by atoms with Crippen molar-refractivity contribution in [3.63, 3.8) is 0 Å². The summed E-state index contributed by atoms with van der Waals surface area (Å²) in [5.41, 5.74) is 2.75. The lowest BCUT2D eigenvalue weighted by Gasteiger charge is -2.30. The van der Waals surface area contributed by atoms with Crippen LogP contribution in [0.4, 0.5) is 0 Å². The molecule has 0 spiro atoms. The van der Waals surface area contributed by atoms with E-state index in [-0.39, 0.29) is 11.5 Å². The summed E-state index contributed by atoms with van der Waals surface area (Å²) in [6, 6.07) is 16.3. The highest BCUT2D eigenvalue weighted by Gasteiger charge is 2.37. The van der Waals surface area contributed by atoms with Crippen LogP contribution >= 0.6 is 0 Å². The highest BCUT2D eigenvalue weighted by molar-refractivity contribution is 5.44. The normalized spacial score (nSPS) is 16.9. The van der Waals surface area contributed by atoms with Gasteiger partial charge in [-0.25, -0.2) is 0 Å². The summed E-state index contributed by atoms with van der Waals surface area (Å²) in [5.74, 6) is 1.26. The van der Waals surface area contributed by atoms with Crippen LogP contribution in [0, 0.1) is 0 Å². The molecule has 1 N–H and O–H groups in total. The van der Waals surface area contributed by atoms with E-state index in [9.17, 15) is 5.11 Å². The molecule has 116 valence electrons. The molecule has 22 heavy (non-hydrogen) atoms. The Balaban J connectivity index is 1.95. The molecule has 0 aromatic heterocycles. The van der Waals surface area contributed by atoms with E-state index in [1.54, 1.807) is 12.1 Å². The molecule has 0 bridgehead atoms. The predicted octanol–water partition coefficient (Wildman–Crippen LogP) is 5.04. The topological polar surface area (TPSA) is 29.5 Å². The Morgan fingerprint density at radius 2 is 1.36 bits per heavy atom. The lowest BCUT2D eigenvalue weighted by Crippen LogP contribution is -2.23. The van der Waals surface area contributed by atoms with Crippen LogP contribution in [0.5, 0.6) is 11.5 Å². The maximum absolute atomic E-state index is 9.56. The van der Waals surface area contributed by atoms with Gasteiger partial charge in [0.1, 0.15) is 11.5 Å². The molecule has 0 radical (unpaired) electrons. The summed E-state index contributed by atoms with van der Waals surface area (Å²) in [5, 5.41) is 9.56. The summed E-state index contributed by atoms with van der Waals surface area (Å²) in [7, 11) is 0. The molecule has 0 aliphatic heterocycles. The average molecular weight is 296 g/mol. The molecule has 0 unspecified atom stereocenters. The summed E-state index contributed by atoms with van der Waals surface area (Å²) >= 11 is 0. The van der Waals surface area contributed by atoms with Crippen molar-refractivity contribution in [3.05, 3.63) is 59.7 Å². The van der Waals surface area contributed by atoms with Gasteiger partial charge in [0, 0.05) is 5.41 Å². The number of phenols is 1. The largest absolute Gasteiger partial charge is 0.508 e. The van der Waals surface area contributed by atoms with E-state index in [2.05, 4.69) is 36.4 Å². The number of rotatable bonds is 4. The maximum atomic E-state index is 9.56. The summed E-state index contributed by atoms with van der Waals surface area (Å²) in [6.45, 7) is 4.09.